The van der Waals surface area contributed by atoms with Crippen LogP contribution in [0.1, 0.15) is 11.1 Å². The number of aliphatic hydroxyl groups excluding tert-OH is 1. The summed E-state index contributed by atoms with van der Waals surface area (Å²) in [7, 11) is -1.86. The highest BCUT2D eigenvalue weighted by Crippen LogP contribution is 2.58. The lowest BCUT2D eigenvalue weighted by Gasteiger charge is -2.28. The molecule has 0 amide bonds. The van der Waals surface area contributed by atoms with Crippen LogP contribution in [0.2, 0.25) is 0 Å². The highest BCUT2D eigenvalue weighted by molar-refractivity contribution is 7.95. The van der Waals surface area contributed by atoms with Crippen molar-refractivity contribution in [3.05, 3.63) is 126 Å². The van der Waals surface area contributed by atoms with E-state index in [2.05, 4.69) is 103 Å². The fourth-order valence-electron chi connectivity index (χ4n) is 3.79. The third-order valence-corrected chi connectivity index (χ3v) is 9.59. The Kier molecular flexibility index (Phi) is 7.23. The fourth-order valence-corrected chi connectivity index (χ4v) is 8.04. The van der Waals surface area contributed by atoms with Crippen molar-refractivity contribution in [2.75, 3.05) is 0 Å². The van der Waals surface area contributed by atoms with Gasteiger partial charge in [-0.2, -0.15) is 0 Å². The monoisotopic (exact) mass is 418 g/mol. The van der Waals surface area contributed by atoms with E-state index in [1.807, 2.05) is 12.1 Å². The minimum Gasteiger partial charge on any atom is -1.00 e. The van der Waals surface area contributed by atoms with Crippen LogP contribution < -0.4 is 28.3 Å². The number of hydrogen-bond donors (Lipinski definition) is 1. The quantitative estimate of drug-likeness (QED) is 0.472. The summed E-state index contributed by atoms with van der Waals surface area (Å²) in [6.07, 6.45) is 0.955. The van der Waals surface area contributed by atoms with Gasteiger partial charge in [0.25, 0.3) is 0 Å². The molecule has 0 aliphatic heterocycles. The van der Waals surface area contributed by atoms with E-state index in [1.54, 1.807) is 0 Å². The lowest BCUT2D eigenvalue weighted by Crippen LogP contribution is -3.00. The van der Waals surface area contributed by atoms with E-state index in [9.17, 15) is 5.11 Å². The third kappa shape index (κ3) is 4.43. The summed E-state index contributed by atoms with van der Waals surface area (Å²) in [6.45, 7) is 0.0800. The van der Waals surface area contributed by atoms with Gasteiger partial charge in [-0.05, 0) is 47.5 Å². The highest BCUT2D eigenvalue weighted by atomic mass is 35.5. The summed E-state index contributed by atoms with van der Waals surface area (Å²) < 4.78 is 0. The van der Waals surface area contributed by atoms with Crippen LogP contribution in [0.3, 0.4) is 0 Å². The number of hydrogen-bond acceptors (Lipinski definition) is 1. The van der Waals surface area contributed by atoms with Gasteiger partial charge >= 0.3 is 0 Å². The summed E-state index contributed by atoms with van der Waals surface area (Å²) >= 11 is 0. The van der Waals surface area contributed by atoms with Gasteiger partial charge in [-0.1, -0.05) is 78.9 Å². The molecule has 0 radical (unpaired) electrons. The normalized spacial score (nSPS) is 10.9. The Hall–Kier alpha value is -2.44. The Morgan fingerprint density at radius 2 is 0.828 bits per heavy atom. The van der Waals surface area contributed by atoms with Gasteiger partial charge in [0.05, 0.1) is 12.8 Å². The molecule has 4 aromatic carbocycles. The zero-order valence-corrected chi connectivity index (χ0v) is 17.8. The van der Waals surface area contributed by atoms with Crippen LogP contribution in [0.4, 0.5) is 0 Å². The highest BCUT2D eigenvalue weighted by Gasteiger charge is 2.45. The minimum atomic E-state index is -1.86. The molecule has 4 aromatic rings. The first-order chi connectivity index (χ1) is 13.8. The van der Waals surface area contributed by atoms with Crippen molar-refractivity contribution >= 4 is 23.2 Å². The lowest BCUT2D eigenvalue weighted by molar-refractivity contribution is -0.00000640. The smallest absolute Gasteiger partial charge is 0.116 e. The average molecular weight is 419 g/mol. The van der Waals surface area contributed by atoms with Gasteiger partial charge in [0.2, 0.25) is 0 Å². The van der Waals surface area contributed by atoms with Crippen LogP contribution in [0.25, 0.3) is 0 Å². The molecule has 0 saturated carbocycles. The molecular weight excluding hydrogens is 395 g/mol. The zero-order chi connectivity index (χ0) is 19.2. The predicted octanol–water partition coefficient (Wildman–Crippen LogP) is 1.68. The Balaban J connectivity index is 0.00000240. The third-order valence-electron chi connectivity index (χ3n) is 5.22. The molecular formula is C26H24ClOP. The van der Waals surface area contributed by atoms with E-state index in [1.165, 1.54) is 21.5 Å². The van der Waals surface area contributed by atoms with Crippen molar-refractivity contribution in [3.63, 3.8) is 0 Å². The molecule has 29 heavy (non-hydrogen) atoms. The second kappa shape index (κ2) is 9.85. The zero-order valence-electron chi connectivity index (χ0n) is 16.2. The van der Waals surface area contributed by atoms with E-state index in [4.69, 9.17) is 0 Å². The van der Waals surface area contributed by atoms with Gasteiger partial charge in [-0.25, -0.2) is 0 Å². The molecule has 0 saturated heterocycles. The molecule has 1 N–H and O–H groups in total. The van der Waals surface area contributed by atoms with E-state index >= 15 is 0 Å². The number of rotatable bonds is 6. The molecule has 146 valence electrons. The predicted molar refractivity (Wildman–Crippen MR) is 121 cm³/mol. The maximum absolute atomic E-state index is 9.40. The Labute approximate surface area is 179 Å². The maximum atomic E-state index is 9.40. The minimum absolute atomic E-state index is 0. The van der Waals surface area contributed by atoms with E-state index < -0.39 is 7.26 Å². The molecule has 4 rings (SSSR count). The van der Waals surface area contributed by atoms with E-state index in [0.29, 0.717) is 0 Å². The maximum Gasteiger partial charge on any atom is 0.116 e. The van der Waals surface area contributed by atoms with Crippen molar-refractivity contribution in [2.24, 2.45) is 0 Å². The van der Waals surface area contributed by atoms with Crippen LogP contribution in [0.15, 0.2) is 115 Å². The molecule has 0 aliphatic rings. The topological polar surface area (TPSA) is 20.2 Å². The van der Waals surface area contributed by atoms with Gasteiger partial charge < -0.3 is 17.5 Å². The van der Waals surface area contributed by atoms with Crippen molar-refractivity contribution in [2.45, 2.75) is 12.8 Å². The lowest BCUT2D eigenvalue weighted by atomic mass is 10.2. The largest absolute Gasteiger partial charge is 1.00 e. The Bertz CT molecular complexity index is 906. The average Bonchev–Trinajstić information content (AvgIpc) is 2.80. The van der Waals surface area contributed by atoms with Gasteiger partial charge in [0, 0.05) is 0 Å². The molecule has 0 heterocycles. The molecule has 0 atom stereocenters. The molecule has 0 fully saturated rings. The van der Waals surface area contributed by atoms with Crippen LogP contribution in [0, 0.1) is 0 Å². The van der Waals surface area contributed by atoms with Gasteiger partial charge in [0.1, 0.15) is 23.2 Å². The van der Waals surface area contributed by atoms with Gasteiger partial charge in [-0.3, -0.25) is 0 Å². The van der Waals surface area contributed by atoms with Crippen molar-refractivity contribution in [1.82, 2.24) is 0 Å². The van der Waals surface area contributed by atoms with E-state index in [-0.39, 0.29) is 19.0 Å². The molecule has 0 aromatic heterocycles. The first kappa shape index (κ1) is 21.3. The molecule has 0 aliphatic carbocycles. The van der Waals surface area contributed by atoms with Crippen LogP contribution >= 0.6 is 7.26 Å². The van der Waals surface area contributed by atoms with Crippen LogP contribution in [0.5, 0.6) is 0 Å². The molecule has 0 unspecified atom stereocenters. The van der Waals surface area contributed by atoms with E-state index in [0.717, 1.165) is 11.7 Å². The van der Waals surface area contributed by atoms with Gasteiger partial charge in [-0.15, -0.1) is 0 Å². The van der Waals surface area contributed by atoms with Crippen LogP contribution in [-0.2, 0) is 12.8 Å². The molecule has 3 heteroatoms. The second-order valence-electron chi connectivity index (χ2n) is 6.95. The number of halogens is 1. The number of aliphatic hydroxyl groups is 1. The number of benzene rings is 4. The SMILES string of the molecule is OCc1ccc(C[P+](c2ccccc2)(c2ccccc2)c2ccccc2)cc1.[Cl-]. The fraction of sp³-hybridized carbons (Fsp3) is 0.0769. The van der Waals surface area contributed by atoms with Crippen molar-refractivity contribution < 1.29 is 17.5 Å². The molecule has 1 nitrogen and oxygen atoms in total. The Morgan fingerprint density at radius 3 is 1.17 bits per heavy atom. The molecule has 0 spiro atoms. The first-order valence-corrected chi connectivity index (χ1v) is 11.5. The van der Waals surface area contributed by atoms with Gasteiger partial charge in [0.15, 0.2) is 0 Å². The summed E-state index contributed by atoms with van der Waals surface area (Å²) in [6, 6.07) is 41.2. The summed E-state index contributed by atoms with van der Waals surface area (Å²) in [5.41, 5.74) is 2.24. The standard InChI is InChI=1S/C26H24OP.ClH/c27-20-22-16-18-23(19-17-22)21-28(24-10-4-1-5-11-24,25-12-6-2-7-13-25)26-14-8-3-9-15-26;/h1-19,27H,20-21H2;1H/q+1;/p-1. The Morgan fingerprint density at radius 1 is 0.483 bits per heavy atom. The van der Waals surface area contributed by atoms with Crippen molar-refractivity contribution in [3.8, 4) is 0 Å². The molecule has 0 bridgehead atoms. The first-order valence-electron chi connectivity index (χ1n) is 9.56. The summed E-state index contributed by atoms with van der Waals surface area (Å²) in [5.74, 6) is 0. The van der Waals surface area contributed by atoms with Crippen LogP contribution in [-0.4, -0.2) is 5.11 Å². The summed E-state index contributed by atoms with van der Waals surface area (Å²) in [5, 5.41) is 13.6. The second-order valence-corrected chi connectivity index (χ2v) is 10.4. The van der Waals surface area contributed by atoms with Crippen molar-refractivity contribution in [1.29, 1.82) is 0 Å². The summed E-state index contributed by atoms with van der Waals surface area (Å²) in [4.78, 5) is 0.